The van der Waals surface area contributed by atoms with Crippen LogP contribution in [0.15, 0.2) is 60.8 Å². The van der Waals surface area contributed by atoms with E-state index in [2.05, 4.69) is 20.9 Å². The highest BCUT2D eigenvalue weighted by atomic mass is 19.4. The van der Waals surface area contributed by atoms with Crippen molar-refractivity contribution in [3.05, 3.63) is 94.7 Å². The van der Waals surface area contributed by atoms with Gasteiger partial charge in [0.15, 0.2) is 11.6 Å². The maximum absolute atomic E-state index is 16.1. The largest absolute Gasteiger partial charge is 0.494 e. The van der Waals surface area contributed by atoms with Gasteiger partial charge in [0.05, 0.1) is 57.6 Å². The van der Waals surface area contributed by atoms with Gasteiger partial charge < -0.3 is 30.5 Å². The number of para-hydroxylation sites is 1. The Balaban J connectivity index is 0.985. The molecular formula is C44H44F5N9O6. The molecule has 5 amide bonds. The summed E-state index contributed by atoms with van der Waals surface area (Å²) in [5.41, 5.74) is -3.88. The van der Waals surface area contributed by atoms with Crippen molar-refractivity contribution in [2.75, 3.05) is 80.2 Å². The van der Waals surface area contributed by atoms with Gasteiger partial charge in [-0.15, -0.1) is 0 Å². The fourth-order valence-corrected chi connectivity index (χ4v) is 7.87. The number of methoxy groups -OCH3 is 1. The Morgan fingerprint density at radius 3 is 2.31 bits per heavy atom. The number of hydrogen-bond acceptors (Lipinski definition) is 12. The lowest BCUT2D eigenvalue weighted by atomic mass is 9.95. The van der Waals surface area contributed by atoms with Gasteiger partial charge in [0.2, 0.25) is 11.8 Å². The van der Waals surface area contributed by atoms with Gasteiger partial charge in [0.25, 0.3) is 17.7 Å². The average Bonchev–Trinajstić information content (AvgIpc) is 3.56. The molecule has 0 radical (unpaired) electrons. The molecule has 336 valence electrons. The number of piperazine rings is 1. The summed E-state index contributed by atoms with van der Waals surface area (Å²) in [6.07, 6.45) is -4.36. The number of rotatable bonds is 11. The molecule has 4 aliphatic heterocycles. The van der Waals surface area contributed by atoms with E-state index in [4.69, 9.17) is 15.7 Å². The Morgan fingerprint density at radius 2 is 1.62 bits per heavy atom. The molecule has 15 nitrogen and oxygen atoms in total. The van der Waals surface area contributed by atoms with E-state index in [0.717, 1.165) is 6.07 Å². The number of piperidine rings is 2. The standard InChI is InChI=1S/C44H44F5N9O6/c1-50-40(60)26-5-3-4-6-29(26)52-31-21-35(51-22-28(31)44(47,48)49)53-30-8-7-25(19-34(30)64-2)56-13-11-24(12-14-56)23-55-15-17-57(18-16-55)33-20-27-37(39(46)38(33)45)43(63)58(42(27)62)32-9-10-36(59)54-41(32)61/h3-8,19-22,24,32H,9-18,23H2,1-2H3,(H,50,60)(H2,51,52,53)(H,54,59,61)/i15D2,16D2,17D2,18D2. The van der Waals surface area contributed by atoms with E-state index in [1.807, 2.05) is 10.2 Å². The van der Waals surface area contributed by atoms with Crippen LogP contribution in [0.1, 0.15) is 73.3 Å². The van der Waals surface area contributed by atoms with Crippen molar-refractivity contribution in [3.8, 4) is 5.75 Å². The summed E-state index contributed by atoms with van der Waals surface area (Å²) in [4.78, 5) is 69.9. The predicted molar refractivity (Wildman–Crippen MR) is 225 cm³/mol. The first-order valence-electron chi connectivity index (χ1n) is 23.8. The van der Waals surface area contributed by atoms with Gasteiger partial charge in [-0.05, 0) is 55.5 Å². The van der Waals surface area contributed by atoms with Crippen molar-refractivity contribution in [1.82, 2.24) is 25.4 Å². The maximum atomic E-state index is 16.1. The van der Waals surface area contributed by atoms with Crippen LogP contribution in [0.25, 0.3) is 0 Å². The summed E-state index contributed by atoms with van der Waals surface area (Å²) in [6, 6.07) is 10.9. The Kier molecular flexibility index (Phi) is 9.60. The third-order valence-electron chi connectivity index (χ3n) is 11.2. The predicted octanol–water partition coefficient (Wildman–Crippen LogP) is 5.67. The van der Waals surface area contributed by atoms with Crippen LogP contribution in [0, 0.1) is 17.6 Å². The molecule has 0 aliphatic carbocycles. The highest BCUT2D eigenvalue weighted by molar-refractivity contribution is 6.24. The van der Waals surface area contributed by atoms with Crippen molar-refractivity contribution in [1.29, 1.82) is 0 Å². The molecule has 4 aromatic rings. The summed E-state index contributed by atoms with van der Waals surface area (Å²) < 4.78 is 152. The van der Waals surface area contributed by atoms with Gasteiger partial charge in [0, 0.05) is 88.6 Å². The van der Waals surface area contributed by atoms with Crippen LogP contribution in [0.4, 0.5) is 56.2 Å². The molecule has 4 N–H and O–H groups in total. The third kappa shape index (κ3) is 8.60. The van der Waals surface area contributed by atoms with E-state index < -0.39 is 120 Å². The summed E-state index contributed by atoms with van der Waals surface area (Å²) in [5.74, 6) is -9.64. The number of aromatic nitrogens is 1. The molecule has 0 spiro atoms. The molecule has 20 heteroatoms. The van der Waals surface area contributed by atoms with Gasteiger partial charge in [-0.3, -0.25) is 39.1 Å². The molecule has 1 aromatic heterocycles. The number of ether oxygens (including phenoxy) is 1. The van der Waals surface area contributed by atoms with E-state index >= 15 is 8.78 Å². The summed E-state index contributed by atoms with van der Waals surface area (Å²) in [7, 11) is 2.75. The van der Waals surface area contributed by atoms with Crippen molar-refractivity contribution in [3.63, 3.8) is 0 Å². The number of halogens is 5. The molecule has 3 fully saturated rings. The van der Waals surface area contributed by atoms with Gasteiger partial charge in [0.1, 0.15) is 17.6 Å². The highest BCUT2D eigenvalue weighted by Crippen LogP contribution is 2.40. The average molecular weight is 898 g/mol. The molecule has 0 bridgehead atoms. The number of pyridine rings is 1. The highest BCUT2D eigenvalue weighted by Gasteiger charge is 2.47. The second-order valence-electron chi connectivity index (χ2n) is 15.1. The SMILES string of the molecule is [2H]C1([2H])N(CC2CCN(c3ccc(Nc4cc(Nc5ccccc5C(=O)NC)c(C(F)(F)F)cn4)c(OC)c3)CC2)C([2H])([2H])C([2H])([2H])N(c2cc3c(c(F)c2F)C(=O)N(C2CCC(=O)NC2=O)C3=O)C1([2H])[2H]. The molecule has 64 heavy (non-hydrogen) atoms. The zero-order valence-electron chi connectivity index (χ0n) is 42.0. The number of imide groups is 2. The van der Waals surface area contributed by atoms with Gasteiger partial charge in [-0.25, -0.2) is 13.8 Å². The lowest BCUT2D eigenvalue weighted by molar-refractivity contribution is -0.137. The summed E-state index contributed by atoms with van der Waals surface area (Å²) in [5, 5.41) is 10.1. The number of nitrogens with zero attached hydrogens (tertiary/aromatic N) is 5. The fourth-order valence-electron chi connectivity index (χ4n) is 7.87. The number of carbonyl (C=O) groups excluding carboxylic acids is 5. The minimum atomic E-state index is -4.82. The van der Waals surface area contributed by atoms with Gasteiger partial charge >= 0.3 is 6.18 Å². The second kappa shape index (κ2) is 17.7. The zero-order chi connectivity index (χ0) is 52.6. The van der Waals surface area contributed by atoms with Gasteiger partial charge in [-0.2, -0.15) is 13.2 Å². The number of hydrogen-bond donors (Lipinski definition) is 4. The number of carbonyl (C=O) groups is 5. The summed E-state index contributed by atoms with van der Waals surface area (Å²) in [6.45, 7) is -14.4. The van der Waals surface area contributed by atoms with Crippen LogP contribution in [0.2, 0.25) is 0 Å². The van der Waals surface area contributed by atoms with E-state index in [-0.39, 0.29) is 66.5 Å². The number of benzene rings is 3. The van der Waals surface area contributed by atoms with Crippen LogP contribution >= 0.6 is 0 Å². The van der Waals surface area contributed by atoms with E-state index in [1.54, 1.807) is 30.3 Å². The second-order valence-corrected chi connectivity index (χ2v) is 15.1. The molecule has 1 unspecified atom stereocenters. The first kappa shape index (κ1) is 34.6. The minimum Gasteiger partial charge on any atom is -0.494 e. The van der Waals surface area contributed by atoms with Crippen LogP contribution in [0.5, 0.6) is 5.75 Å². The number of fused-ring (bicyclic) bond motifs is 1. The fraction of sp³-hybridized carbons (Fsp3) is 0.364. The Labute approximate surface area is 375 Å². The van der Waals surface area contributed by atoms with Crippen LogP contribution in [0.3, 0.4) is 0 Å². The monoisotopic (exact) mass is 897 g/mol. The molecule has 1 atom stereocenters. The first-order chi connectivity index (χ1) is 33.7. The van der Waals surface area contributed by atoms with E-state index in [9.17, 15) is 37.1 Å². The number of amides is 5. The van der Waals surface area contributed by atoms with Crippen molar-refractivity contribution in [2.24, 2.45) is 5.92 Å². The zero-order valence-corrected chi connectivity index (χ0v) is 34.0. The molecule has 3 saturated heterocycles. The van der Waals surface area contributed by atoms with Gasteiger partial charge in [-0.1, -0.05) is 12.1 Å². The van der Waals surface area contributed by atoms with Crippen LogP contribution in [-0.4, -0.2) is 110 Å². The maximum Gasteiger partial charge on any atom is 0.419 e. The summed E-state index contributed by atoms with van der Waals surface area (Å²) >= 11 is 0. The topological polar surface area (TPSA) is 169 Å². The lowest BCUT2D eigenvalue weighted by Gasteiger charge is -2.40. The quantitative estimate of drug-likeness (QED) is 0.108. The van der Waals surface area contributed by atoms with Crippen molar-refractivity contribution >= 4 is 63.8 Å². The molecule has 5 heterocycles. The Bertz CT molecular complexity index is 2880. The number of anilines is 6. The normalized spacial score (nSPS) is 23.5. The molecule has 4 aliphatic rings. The third-order valence-corrected chi connectivity index (χ3v) is 11.2. The molecular weight excluding hydrogens is 846 g/mol. The Morgan fingerprint density at radius 1 is 0.891 bits per heavy atom. The lowest BCUT2D eigenvalue weighted by Crippen LogP contribution is -2.54. The van der Waals surface area contributed by atoms with Crippen LogP contribution in [-0.2, 0) is 15.8 Å². The number of nitrogens with one attached hydrogen (secondary N) is 4. The Hall–Kier alpha value is -6.83. The van der Waals surface area contributed by atoms with Crippen molar-refractivity contribution in [2.45, 2.75) is 37.9 Å². The van der Waals surface area contributed by atoms with E-state index in [0.29, 0.717) is 33.4 Å². The molecule has 8 rings (SSSR count). The van der Waals surface area contributed by atoms with Crippen molar-refractivity contribution < 1.29 is 61.6 Å². The molecule has 0 saturated carbocycles. The van der Waals surface area contributed by atoms with E-state index in [1.165, 1.54) is 26.3 Å². The first-order valence-corrected chi connectivity index (χ1v) is 19.8. The smallest absolute Gasteiger partial charge is 0.419 e. The molecule has 3 aromatic carbocycles. The number of alkyl halides is 3. The minimum absolute atomic E-state index is 0.0151. The van der Waals surface area contributed by atoms with Crippen LogP contribution < -0.4 is 35.8 Å².